The first-order chi connectivity index (χ1) is 7.74. The SMILES string of the molecule is COC(=O)C1SCCc2ccccc2C1=O. The van der Waals surface area contributed by atoms with Crippen LogP contribution in [0.15, 0.2) is 24.3 Å². The van der Waals surface area contributed by atoms with Crippen LogP contribution < -0.4 is 0 Å². The van der Waals surface area contributed by atoms with Crippen molar-refractivity contribution in [1.29, 1.82) is 0 Å². The molecule has 0 aromatic heterocycles. The van der Waals surface area contributed by atoms with Crippen molar-refractivity contribution in [3.8, 4) is 0 Å². The number of fused-ring (bicyclic) bond motifs is 1. The number of Topliss-reactive ketones (excluding diaryl/α,β-unsaturated/α-hetero) is 1. The van der Waals surface area contributed by atoms with E-state index in [1.54, 1.807) is 6.07 Å². The molecule has 0 spiro atoms. The molecule has 16 heavy (non-hydrogen) atoms. The summed E-state index contributed by atoms with van der Waals surface area (Å²) >= 11 is 1.36. The summed E-state index contributed by atoms with van der Waals surface area (Å²) in [5.74, 6) is 0.180. The predicted molar refractivity (Wildman–Crippen MR) is 62.7 cm³/mol. The molecular formula is C12H12O3S. The van der Waals surface area contributed by atoms with Gasteiger partial charge in [-0.1, -0.05) is 24.3 Å². The minimum atomic E-state index is -0.700. The fraction of sp³-hybridized carbons (Fsp3) is 0.333. The number of rotatable bonds is 1. The van der Waals surface area contributed by atoms with Crippen LogP contribution in [0.4, 0.5) is 0 Å². The van der Waals surface area contributed by atoms with Crippen molar-refractivity contribution < 1.29 is 14.3 Å². The lowest BCUT2D eigenvalue weighted by Crippen LogP contribution is -2.28. The Kier molecular flexibility index (Phi) is 3.29. The molecule has 0 fully saturated rings. The molecule has 4 heteroatoms. The van der Waals surface area contributed by atoms with Gasteiger partial charge in [-0.25, -0.2) is 0 Å². The van der Waals surface area contributed by atoms with Crippen LogP contribution in [-0.2, 0) is 16.0 Å². The van der Waals surface area contributed by atoms with Gasteiger partial charge in [0.25, 0.3) is 0 Å². The molecule has 1 aliphatic heterocycles. The second-order valence-electron chi connectivity index (χ2n) is 3.55. The topological polar surface area (TPSA) is 43.4 Å². The van der Waals surface area contributed by atoms with Crippen LogP contribution >= 0.6 is 11.8 Å². The van der Waals surface area contributed by atoms with Crippen LogP contribution in [0.2, 0.25) is 0 Å². The smallest absolute Gasteiger partial charge is 0.326 e. The molecule has 0 saturated carbocycles. The summed E-state index contributed by atoms with van der Waals surface area (Å²) < 4.78 is 4.65. The lowest BCUT2D eigenvalue weighted by atomic mass is 10.00. The Morgan fingerprint density at radius 3 is 2.94 bits per heavy atom. The molecule has 0 amide bonds. The van der Waals surface area contributed by atoms with Gasteiger partial charge in [-0.3, -0.25) is 9.59 Å². The molecule has 1 unspecified atom stereocenters. The van der Waals surface area contributed by atoms with Crippen LogP contribution in [0.1, 0.15) is 15.9 Å². The Hall–Kier alpha value is -1.29. The molecule has 1 atom stereocenters. The van der Waals surface area contributed by atoms with Crippen molar-refractivity contribution in [2.75, 3.05) is 12.9 Å². The molecule has 1 aliphatic rings. The number of carbonyl (C=O) groups excluding carboxylic acids is 2. The number of methoxy groups -OCH3 is 1. The van der Waals surface area contributed by atoms with Gasteiger partial charge in [0.2, 0.25) is 0 Å². The lowest BCUT2D eigenvalue weighted by Gasteiger charge is -2.10. The number of aryl methyl sites for hydroxylation is 1. The first kappa shape index (κ1) is 11.2. The van der Waals surface area contributed by atoms with Crippen molar-refractivity contribution in [2.24, 2.45) is 0 Å². The third-order valence-corrected chi connectivity index (χ3v) is 3.77. The number of thioether (sulfide) groups is 1. The van der Waals surface area contributed by atoms with Crippen LogP contribution in [-0.4, -0.2) is 29.9 Å². The van der Waals surface area contributed by atoms with Gasteiger partial charge in [0.05, 0.1) is 7.11 Å². The zero-order valence-corrected chi connectivity index (χ0v) is 9.75. The molecule has 2 rings (SSSR count). The van der Waals surface area contributed by atoms with E-state index in [2.05, 4.69) is 4.74 Å². The number of hydrogen-bond donors (Lipinski definition) is 0. The van der Waals surface area contributed by atoms with Gasteiger partial charge >= 0.3 is 5.97 Å². The van der Waals surface area contributed by atoms with Gasteiger partial charge in [0, 0.05) is 5.56 Å². The Morgan fingerprint density at radius 1 is 1.44 bits per heavy atom. The molecular weight excluding hydrogens is 224 g/mol. The summed E-state index contributed by atoms with van der Waals surface area (Å²) in [5, 5.41) is -0.700. The average molecular weight is 236 g/mol. The normalized spacial score (nSPS) is 19.8. The van der Waals surface area contributed by atoms with Crippen LogP contribution in [0, 0.1) is 0 Å². The zero-order valence-electron chi connectivity index (χ0n) is 8.93. The molecule has 3 nitrogen and oxygen atoms in total. The van der Waals surface area contributed by atoms with E-state index in [1.165, 1.54) is 18.9 Å². The monoisotopic (exact) mass is 236 g/mol. The highest BCUT2D eigenvalue weighted by molar-refractivity contribution is 8.01. The third-order valence-electron chi connectivity index (χ3n) is 2.59. The lowest BCUT2D eigenvalue weighted by molar-refractivity contribution is -0.138. The van der Waals surface area contributed by atoms with Gasteiger partial charge in [-0.05, 0) is 17.7 Å². The van der Waals surface area contributed by atoms with E-state index in [0.717, 1.165) is 17.7 Å². The molecule has 1 aromatic rings. The summed E-state index contributed by atoms with van der Waals surface area (Å²) in [5.41, 5.74) is 1.68. The minimum absolute atomic E-state index is 0.134. The standard InChI is InChI=1S/C12H12O3S/c1-15-12(14)11-10(13)9-5-3-2-4-8(9)6-7-16-11/h2-5,11H,6-7H2,1H3. The molecule has 0 radical (unpaired) electrons. The van der Waals surface area contributed by atoms with Crippen molar-refractivity contribution in [3.05, 3.63) is 35.4 Å². The summed E-state index contributed by atoms with van der Waals surface area (Å²) in [6.07, 6.45) is 0.820. The molecule has 1 heterocycles. The van der Waals surface area contributed by atoms with E-state index in [0.29, 0.717) is 5.56 Å². The Morgan fingerprint density at radius 2 is 2.19 bits per heavy atom. The maximum atomic E-state index is 12.1. The number of ketones is 1. The number of benzene rings is 1. The summed E-state index contributed by atoms with van der Waals surface area (Å²) in [7, 11) is 1.31. The fourth-order valence-corrected chi connectivity index (χ4v) is 2.85. The van der Waals surface area contributed by atoms with Gasteiger partial charge < -0.3 is 4.74 Å². The molecule has 0 N–H and O–H groups in total. The molecule has 1 aromatic carbocycles. The van der Waals surface area contributed by atoms with Crippen molar-refractivity contribution in [2.45, 2.75) is 11.7 Å². The van der Waals surface area contributed by atoms with Gasteiger partial charge in [-0.2, -0.15) is 0 Å². The van der Waals surface area contributed by atoms with Crippen LogP contribution in [0.3, 0.4) is 0 Å². The van der Waals surface area contributed by atoms with Crippen LogP contribution in [0.25, 0.3) is 0 Å². The van der Waals surface area contributed by atoms with E-state index in [9.17, 15) is 9.59 Å². The third kappa shape index (κ3) is 1.97. The Bertz CT molecular complexity index is 428. The van der Waals surface area contributed by atoms with Crippen LogP contribution in [0.5, 0.6) is 0 Å². The highest BCUT2D eigenvalue weighted by atomic mass is 32.2. The molecule has 0 saturated heterocycles. The number of hydrogen-bond acceptors (Lipinski definition) is 4. The zero-order chi connectivity index (χ0) is 11.5. The Labute approximate surface area is 98.2 Å². The van der Waals surface area contributed by atoms with E-state index >= 15 is 0 Å². The predicted octanol–water partition coefficient (Wildman–Crippen LogP) is 1.70. The average Bonchev–Trinajstić information content (AvgIpc) is 2.49. The van der Waals surface area contributed by atoms with E-state index in [1.807, 2.05) is 18.2 Å². The van der Waals surface area contributed by atoms with Gasteiger partial charge in [-0.15, -0.1) is 11.8 Å². The Balaban J connectivity index is 2.37. The van der Waals surface area contributed by atoms with E-state index < -0.39 is 11.2 Å². The molecule has 84 valence electrons. The molecule has 0 aliphatic carbocycles. The minimum Gasteiger partial charge on any atom is -0.468 e. The first-order valence-corrected chi connectivity index (χ1v) is 6.10. The maximum Gasteiger partial charge on any atom is 0.326 e. The van der Waals surface area contributed by atoms with Crippen molar-refractivity contribution in [1.82, 2.24) is 0 Å². The van der Waals surface area contributed by atoms with Gasteiger partial charge in [0.15, 0.2) is 11.0 Å². The number of carbonyl (C=O) groups is 2. The second kappa shape index (κ2) is 4.70. The molecule has 0 bridgehead atoms. The van der Waals surface area contributed by atoms with Crippen molar-refractivity contribution >= 4 is 23.5 Å². The fourth-order valence-electron chi connectivity index (χ4n) is 1.76. The first-order valence-electron chi connectivity index (χ1n) is 5.05. The van der Waals surface area contributed by atoms with E-state index in [4.69, 9.17) is 0 Å². The summed E-state index contributed by atoms with van der Waals surface area (Å²) in [4.78, 5) is 23.6. The highest BCUT2D eigenvalue weighted by Crippen LogP contribution is 2.26. The van der Waals surface area contributed by atoms with E-state index in [-0.39, 0.29) is 5.78 Å². The largest absolute Gasteiger partial charge is 0.468 e. The van der Waals surface area contributed by atoms with Crippen molar-refractivity contribution in [3.63, 3.8) is 0 Å². The summed E-state index contributed by atoms with van der Waals surface area (Å²) in [6, 6.07) is 7.45. The number of ether oxygens (including phenoxy) is 1. The van der Waals surface area contributed by atoms with Gasteiger partial charge in [0.1, 0.15) is 0 Å². The second-order valence-corrected chi connectivity index (χ2v) is 4.76. The summed E-state index contributed by atoms with van der Waals surface area (Å²) in [6.45, 7) is 0. The highest BCUT2D eigenvalue weighted by Gasteiger charge is 2.32. The maximum absolute atomic E-state index is 12.1. The quantitative estimate of drug-likeness (QED) is 0.550. The number of esters is 1.